The average molecular weight is 447 g/mol. The van der Waals surface area contributed by atoms with Gasteiger partial charge in [0.1, 0.15) is 11.9 Å². The van der Waals surface area contributed by atoms with Crippen molar-refractivity contribution in [3.63, 3.8) is 0 Å². The van der Waals surface area contributed by atoms with E-state index >= 15 is 0 Å². The molecule has 0 saturated carbocycles. The number of carbonyl (C=O) groups is 2. The van der Waals surface area contributed by atoms with Crippen LogP contribution in [0.15, 0.2) is 84.9 Å². The molecule has 2 amide bonds. The van der Waals surface area contributed by atoms with E-state index < -0.39 is 6.04 Å². The molecule has 0 fully saturated rings. The van der Waals surface area contributed by atoms with Crippen LogP contribution in [-0.2, 0) is 29.0 Å². The van der Waals surface area contributed by atoms with E-state index in [1.165, 1.54) is 11.0 Å². The molecule has 0 radical (unpaired) electrons. The van der Waals surface area contributed by atoms with Crippen LogP contribution in [-0.4, -0.2) is 29.3 Å². The lowest BCUT2D eigenvalue weighted by Crippen LogP contribution is -2.51. The smallest absolute Gasteiger partial charge is 0.243 e. The van der Waals surface area contributed by atoms with Crippen LogP contribution in [0.25, 0.3) is 0 Å². The molecule has 33 heavy (non-hydrogen) atoms. The maximum Gasteiger partial charge on any atom is 0.243 e. The fraction of sp³-hybridized carbons (Fsp3) is 0.286. The van der Waals surface area contributed by atoms with Crippen molar-refractivity contribution >= 4 is 11.8 Å². The molecule has 0 aromatic heterocycles. The maximum absolute atomic E-state index is 14.5. The predicted octanol–water partition coefficient (Wildman–Crippen LogP) is 4.92. The molecule has 0 aliphatic heterocycles. The lowest BCUT2D eigenvalue weighted by atomic mass is 10.0. The molecular weight excluding hydrogens is 415 g/mol. The van der Waals surface area contributed by atoms with Crippen molar-refractivity contribution in [3.05, 3.63) is 107 Å². The lowest BCUT2D eigenvalue weighted by molar-refractivity contribution is -0.140. The second kappa shape index (κ2) is 12.5. The molecule has 1 atom stereocenters. The minimum Gasteiger partial charge on any atom is -0.354 e. The van der Waals surface area contributed by atoms with Gasteiger partial charge in [-0.1, -0.05) is 92.2 Å². The SMILES string of the molecule is CCCCNC(=O)C(Cc1ccccc1)N(Cc1ccccc1F)C(=O)Cc1ccccc1. The summed E-state index contributed by atoms with van der Waals surface area (Å²) in [4.78, 5) is 28.3. The van der Waals surface area contributed by atoms with Gasteiger partial charge in [-0.2, -0.15) is 0 Å². The van der Waals surface area contributed by atoms with Crippen LogP contribution in [0.3, 0.4) is 0 Å². The highest BCUT2D eigenvalue weighted by Gasteiger charge is 2.30. The van der Waals surface area contributed by atoms with Crippen LogP contribution in [0.1, 0.15) is 36.5 Å². The Morgan fingerprint density at radius 2 is 1.48 bits per heavy atom. The zero-order valence-corrected chi connectivity index (χ0v) is 19.0. The van der Waals surface area contributed by atoms with Crippen molar-refractivity contribution in [2.24, 2.45) is 0 Å². The Labute approximate surface area is 195 Å². The van der Waals surface area contributed by atoms with E-state index in [-0.39, 0.29) is 30.6 Å². The highest BCUT2D eigenvalue weighted by Crippen LogP contribution is 2.18. The number of amides is 2. The third-order valence-corrected chi connectivity index (χ3v) is 5.60. The molecule has 3 rings (SSSR count). The second-order valence-electron chi connectivity index (χ2n) is 8.13. The van der Waals surface area contributed by atoms with Crippen molar-refractivity contribution in [1.29, 1.82) is 0 Å². The summed E-state index contributed by atoms with van der Waals surface area (Å²) >= 11 is 0. The summed E-state index contributed by atoms with van der Waals surface area (Å²) in [6.07, 6.45) is 2.31. The van der Waals surface area contributed by atoms with Gasteiger partial charge in [0, 0.05) is 25.1 Å². The van der Waals surface area contributed by atoms with E-state index in [0.717, 1.165) is 24.0 Å². The van der Waals surface area contributed by atoms with E-state index in [1.807, 2.05) is 60.7 Å². The zero-order chi connectivity index (χ0) is 23.5. The normalized spacial score (nSPS) is 11.6. The van der Waals surface area contributed by atoms with Crippen molar-refractivity contribution in [3.8, 4) is 0 Å². The largest absolute Gasteiger partial charge is 0.354 e. The molecular formula is C28H31FN2O2. The fourth-order valence-electron chi connectivity index (χ4n) is 3.74. The summed E-state index contributed by atoms with van der Waals surface area (Å²) in [7, 11) is 0. The second-order valence-corrected chi connectivity index (χ2v) is 8.13. The highest BCUT2D eigenvalue weighted by atomic mass is 19.1. The first kappa shape index (κ1) is 24.2. The summed E-state index contributed by atoms with van der Waals surface area (Å²) in [5.74, 6) is -0.819. The molecule has 0 aliphatic carbocycles. The molecule has 3 aromatic rings. The van der Waals surface area contributed by atoms with Crippen LogP contribution in [0.5, 0.6) is 0 Å². The summed E-state index contributed by atoms with van der Waals surface area (Å²) in [5, 5.41) is 2.98. The molecule has 0 bridgehead atoms. The third kappa shape index (κ3) is 7.28. The van der Waals surface area contributed by atoms with Gasteiger partial charge in [0.2, 0.25) is 11.8 Å². The first-order chi connectivity index (χ1) is 16.1. The van der Waals surface area contributed by atoms with Gasteiger partial charge in [-0.15, -0.1) is 0 Å². The van der Waals surface area contributed by atoms with Gasteiger partial charge in [0.05, 0.1) is 6.42 Å². The topological polar surface area (TPSA) is 49.4 Å². The zero-order valence-electron chi connectivity index (χ0n) is 19.0. The van der Waals surface area contributed by atoms with E-state index in [4.69, 9.17) is 0 Å². The van der Waals surface area contributed by atoms with Crippen molar-refractivity contribution in [1.82, 2.24) is 10.2 Å². The molecule has 1 N–H and O–H groups in total. The first-order valence-corrected chi connectivity index (χ1v) is 11.5. The van der Waals surface area contributed by atoms with Gasteiger partial charge in [-0.05, 0) is 23.6 Å². The van der Waals surface area contributed by atoms with Crippen molar-refractivity contribution in [2.75, 3.05) is 6.54 Å². The molecule has 0 heterocycles. The van der Waals surface area contributed by atoms with E-state index in [0.29, 0.717) is 18.5 Å². The predicted molar refractivity (Wildman–Crippen MR) is 129 cm³/mol. The third-order valence-electron chi connectivity index (χ3n) is 5.60. The van der Waals surface area contributed by atoms with Crippen LogP contribution in [0.4, 0.5) is 4.39 Å². The number of nitrogens with one attached hydrogen (secondary N) is 1. The molecule has 0 saturated heterocycles. The molecule has 172 valence electrons. The molecule has 0 aliphatic rings. The Morgan fingerprint density at radius 3 is 2.12 bits per heavy atom. The van der Waals surface area contributed by atoms with Gasteiger partial charge in [0.15, 0.2) is 0 Å². The number of hydrogen-bond acceptors (Lipinski definition) is 2. The van der Waals surface area contributed by atoms with Gasteiger partial charge < -0.3 is 10.2 Å². The Kier molecular flexibility index (Phi) is 9.19. The Balaban J connectivity index is 1.94. The number of hydrogen-bond donors (Lipinski definition) is 1. The number of benzene rings is 3. The first-order valence-electron chi connectivity index (χ1n) is 11.5. The number of rotatable bonds is 11. The number of carbonyl (C=O) groups excluding carboxylic acids is 2. The standard InChI is InChI=1S/C28H31FN2O2/c1-2-3-18-30-28(33)26(19-22-12-6-4-7-13-22)31(21-24-16-10-11-17-25(24)29)27(32)20-23-14-8-5-9-15-23/h4-17,26H,2-3,18-21H2,1H3,(H,30,33). The van der Waals surface area contributed by atoms with Gasteiger partial charge in [-0.3, -0.25) is 9.59 Å². The molecule has 3 aromatic carbocycles. The Hall–Kier alpha value is -3.47. The van der Waals surface area contributed by atoms with E-state index in [2.05, 4.69) is 12.2 Å². The van der Waals surface area contributed by atoms with Crippen LogP contribution >= 0.6 is 0 Å². The minimum absolute atomic E-state index is 0.0248. The highest BCUT2D eigenvalue weighted by molar-refractivity contribution is 5.88. The van der Waals surface area contributed by atoms with E-state index in [9.17, 15) is 14.0 Å². The fourth-order valence-corrected chi connectivity index (χ4v) is 3.74. The Morgan fingerprint density at radius 1 is 0.879 bits per heavy atom. The van der Waals surface area contributed by atoms with Gasteiger partial charge >= 0.3 is 0 Å². The Bertz CT molecular complexity index is 1020. The number of nitrogens with zero attached hydrogens (tertiary/aromatic N) is 1. The molecule has 1 unspecified atom stereocenters. The maximum atomic E-state index is 14.5. The molecule has 4 nitrogen and oxygen atoms in total. The summed E-state index contributed by atoms with van der Waals surface area (Å²) in [5.41, 5.74) is 2.18. The summed E-state index contributed by atoms with van der Waals surface area (Å²) in [6, 6.07) is 24.7. The molecule has 5 heteroatoms. The van der Waals surface area contributed by atoms with Crippen LogP contribution in [0.2, 0.25) is 0 Å². The van der Waals surface area contributed by atoms with Gasteiger partial charge in [0.25, 0.3) is 0 Å². The van der Waals surface area contributed by atoms with E-state index in [1.54, 1.807) is 18.2 Å². The minimum atomic E-state index is -0.750. The monoisotopic (exact) mass is 446 g/mol. The quantitative estimate of drug-likeness (QED) is 0.425. The van der Waals surface area contributed by atoms with Crippen molar-refractivity contribution in [2.45, 2.75) is 45.2 Å². The number of halogens is 1. The van der Waals surface area contributed by atoms with Gasteiger partial charge in [-0.25, -0.2) is 4.39 Å². The summed E-state index contributed by atoms with van der Waals surface area (Å²) < 4.78 is 14.5. The average Bonchev–Trinajstić information content (AvgIpc) is 2.83. The van der Waals surface area contributed by atoms with Crippen molar-refractivity contribution < 1.29 is 14.0 Å². The summed E-state index contributed by atoms with van der Waals surface area (Å²) in [6.45, 7) is 2.62. The van der Waals surface area contributed by atoms with Crippen LogP contribution in [0, 0.1) is 5.82 Å². The molecule has 0 spiro atoms. The van der Waals surface area contributed by atoms with Crippen LogP contribution < -0.4 is 5.32 Å². The lowest BCUT2D eigenvalue weighted by Gasteiger charge is -2.32. The number of unbranched alkanes of at least 4 members (excludes halogenated alkanes) is 1.